The molecule has 0 saturated heterocycles. The average molecular weight is 419 g/mol. The van der Waals surface area contributed by atoms with Crippen molar-refractivity contribution in [2.75, 3.05) is 0 Å². The Kier molecular flexibility index (Phi) is 4.45. The van der Waals surface area contributed by atoms with Gasteiger partial charge in [0, 0.05) is 8.95 Å². The van der Waals surface area contributed by atoms with E-state index in [2.05, 4.69) is 97.2 Å². The zero-order valence-electron chi connectivity index (χ0n) is 9.25. The minimum Gasteiger partial charge on any atom is -0.0786 e. The van der Waals surface area contributed by atoms with E-state index in [0.29, 0.717) is 0 Å². The topological polar surface area (TPSA) is 0 Å². The summed E-state index contributed by atoms with van der Waals surface area (Å²) in [5.74, 6) is 0. The molecule has 17 heavy (non-hydrogen) atoms. The molecular weight excluding hydrogens is 408 g/mol. The van der Waals surface area contributed by atoms with Crippen LogP contribution in [-0.4, -0.2) is 0 Å². The van der Waals surface area contributed by atoms with Crippen LogP contribution in [0.3, 0.4) is 0 Å². The fourth-order valence-corrected chi connectivity index (χ4v) is 2.75. The first kappa shape index (κ1) is 13.3. The highest BCUT2D eigenvalue weighted by Gasteiger charge is 2.10. The Bertz CT molecular complexity index is 517. The van der Waals surface area contributed by atoms with E-state index in [9.17, 15) is 0 Å². The number of benzene rings is 2. The van der Waals surface area contributed by atoms with Crippen molar-refractivity contribution in [2.24, 2.45) is 0 Å². The molecule has 3 heteroatoms. The summed E-state index contributed by atoms with van der Waals surface area (Å²) >= 11 is 10.7. The van der Waals surface area contributed by atoms with Crippen LogP contribution in [0.5, 0.6) is 0 Å². The predicted molar refractivity (Wildman–Crippen MR) is 83.8 cm³/mol. The van der Waals surface area contributed by atoms with Crippen molar-refractivity contribution in [1.29, 1.82) is 0 Å². The first-order valence-electron chi connectivity index (χ1n) is 5.23. The quantitative estimate of drug-likeness (QED) is 0.524. The number of halogens is 3. The molecule has 1 atom stereocenters. The Labute approximate surface area is 127 Å². The van der Waals surface area contributed by atoms with Gasteiger partial charge in [0.05, 0.1) is 4.83 Å². The molecule has 0 radical (unpaired) electrons. The molecule has 0 spiro atoms. The van der Waals surface area contributed by atoms with Crippen molar-refractivity contribution >= 4 is 47.8 Å². The van der Waals surface area contributed by atoms with E-state index in [0.717, 1.165) is 8.95 Å². The molecule has 1 unspecified atom stereocenters. The molecule has 0 nitrogen and oxygen atoms in total. The number of aryl methyl sites for hydroxylation is 1. The van der Waals surface area contributed by atoms with E-state index in [4.69, 9.17) is 0 Å². The van der Waals surface area contributed by atoms with Crippen LogP contribution in [-0.2, 0) is 0 Å². The minimum atomic E-state index is 0.238. The first-order valence-corrected chi connectivity index (χ1v) is 7.73. The summed E-state index contributed by atoms with van der Waals surface area (Å²) in [6.07, 6.45) is 0. The van der Waals surface area contributed by atoms with Gasteiger partial charge in [-0.1, -0.05) is 72.1 Å². The molecule has 2 rings (SSSR count). The van der Waals surface area contributed by atoms with Crippen LogP contribution in [0, 0.1) is 6.92 Å². The van der Waals surface area contributed by atoms with Gasteiger partial charge in [-0.2, -0.15) is 0 Å². The third-order valence-corrected chi connectivity index (χ3v) is 5.11. The Balaban J connectivity index is 2.33. The van der Waals surface area contributed by atoms with Crippen LogP contribution >= 0.6 is 47.8 Å². The molecule has 0 aromatic heterocycles. The second kappa shape index (κ2) is 5.68. The van der Waals surface area contributed by atoms with Crippen molar-refractivity contribution in [3.8, 4) is 0 Å². The van der Waals surface area contributed by atoms with Gasteiger partial charge in [0.25, 0.3) is 0 Å². The van der Waals surface area contributed by atoms with Crippen LogP contribution in [0.1, 0.15) is 21.5 Å². The SMILES string of the molecule is Cc1cc(C(Br)c2ccc(Br)cc2)ccc1Br. The maximum absolute atomic E-state index is 3.75. The van der Waals surface area contributed by atoms with Crippen LogP contribution in [0.15, 0.2) is 51.4 Å². The van der Waals surface area contributed by atoms with Gasteiger partial charge in [0.15, 0.2) is 0 Å². The highest BCUT2D eigenvalue weighted by molar-refractivity contribution is 9.10. The Hall–Kier alpha value is -0.120. The molecule has 0 aliphatic rings. The van der Waals surface area contributed by atoms with Crippen LogP contribution < -0.4 is 0 Å². The Morgan fingerprint density at radius 2 is 1.47 bits per heavy atom. The fourth-order valence-electron chi connectivity index (χ4n) is 1.65. The van der Waals surface area contributed by atoms with Gasteiger partial charge >= 0.3 is 0 Å². The smallest absolute Gasteiger partial charge is 0.0644 e. The minimum absolute atomic E-state index is 0.238. The van der Waals surface area contributed by atoms with Crippen molar-refractivity contribution in [1.82, 2.24) is 0 Å². The summed E-state index contributed by atoms with van der Waals surface area (Å²) in [4.78, 5) is 0.238. The lowest BCUT2D eigenvalue weighted by Gasteiger charge is -2.12. The molecule has 0 heterocycles. The lowest BCUT2D eigenvalue weighted by molar-refractivity contribution is 1.16. The molecule has 0 bridgehead atoms. The summed E-state index contributed by atoms with van der Waals surface area (Å²) in [6, 6.07) is 14.8. The first-order chi connectivity index (χ1) is 8.08. The zero-order valence-corrected chi connectivity index (χ0v) is 14.0. The molecule has 88 valence electrons. The maximum atomic E-state index is 3.75. The van der Waals surface area contributed by atoms with Crippen molar-refractivity contribution in [3.05, 3.63) is 68.1 Å². The van der Waals surface area contributed by atoms with Crippen LogP contribution in [0.25, 0.3) is 0 Å². The lowest BCUT2D eigenvalue weighted by atomic mass is 10.0. The largest absolute Gasteiger partial charge is 0.0786 e. The van der Waals surface area contributed by atoms with Crippen molar-refractivity contribution in [3.63, 3.8) is 0 Å². The second-order valence-electron chi connectivity index (χ2n) is 3.92. The van der Waals surface area contributed by atoms with Gasteiger partial charge in [0.1, 0.15) is 0 Å². The lowest BCUT2D eigenvalue weighted by Crippen LogP contribution is -1.93. The number of rotatable bonds is 2. The van der Waals surface area contributed by atoms with Gasteiger partial charge in [-0.25, -0.2) is 0 Å². The standard InChI is InChI=1S/C14H11Br3/c1-9-8-11(4-7-13(9)16)14(17)10-2-5-12(15)6-3-10/h2-8,14H,1H3. The molecule has 0 fully saturated rings. The van der Waals surface area contributed by atoms with E-state index in [1.807, 2.05) is 0 Å². The zero-order chi connectivity index (χ0) is 12.4. The number of hydrogen-bond acceptors (Lipinski definition) is 0. The van der Waals surface area contributed by atoms with E-state index in [-0.39, 0.29) is 4.83 Å². The van der Waals surface area contributed by atoms with Gasteiger partial charge in [-0.15, -0.1) is 0 Å². The molecule has 0 N–H and O–H groups in total. The monoisotopic (exact) mass is 416 g/mol. The van der Waals surface area contributed by atoms with Crippen LogP contribution in [0.4, 0.5) is 0 Å². The molecule has 2 aromatic carbocycles. The van der Waals surface area contributed by atoms with E-state index < -0.39 is 0 Å². The second-order valence-corrected chi connectivity index (χ2v) is 6.61. The fraction of sp³-hybridized carbons (Fsp3) is 0.143. The normalized spacial score (nSPS) is 12.5. The van der Waals surface area contributed by atoms with E-state index in [1.54, 1.807) is 0 Å². The summed E-state index contributed by atoms with van der Waals surface area (Å²) in [7, 11) is 0. The number of hydrogen-bond donors (Lipinski definition) is 0. The van der Waals surface area contributed by atoms with Crippen molar-refractivity contribution in [2.45, 2.75) is 11.8 Å². The molecule has 0 amide bonds. The maximum Gasteiger partial charge on any atom is 0.0644 e. The van der Waals surface area contributed by atoms with E-state index in [1.165, 1.54) is 16.7 Å². The van der Waals surface area contributed by atoms with Gasteiger partial charge < -0.3 is 0 Å². The van der Waals surface area contributed by atoms with Gasteiger partial charge in [-0.3, -0.25) is 0 Å². The molecule has 0 aliphatic heterocycles. The highest BCUT2D eigenvalue weighted by atomic mass is 79.9. The molecule has 0 aliphatic carbocycles. The summed E-state index contributed by atoms with van der Waals surface area (Å²) in [5, 5.41) is 0. The molecule has 2 aromatic rings. The number of alkyl halides is 1. The van der Waals surface area contributed by atoms with Gasteiger partial charge in [-0.05, 0) is 41.8 Å². The average Bonchev–Trinajstić information content (AvgIpc) is 2.33. The summed E-state index contributed by atoms with van der Waals surface area (Å²) in [5.41, 5.74) is 3.78. The third-order valence-electron chi connectivity index (χ3n) is 2.64. The van der Waals surface area contributed by atoms with E-state index >= 15 is 0 Å². The predicted octanol–water partition coefficient (Wildman–Crippen LogP) is 6.00. The van der Waals surface area contributed by atoms with Crippen molar-refractivity contribution < 1.29 is 0 Å². The summed E-state index contributed by atoms with van der Waals surface area (Å²) in [6.45, 7) is 2.11. The summed E-state index contributed by atoms with van der Waals surface area (Å²) < 4.78 is 2.25. The molecule has 0 saturated carbocycles. The molecular formula is C14H11Br3. The third kappa shape index (κ3) is 3.21. The Morgan fingerprint density at radius 1 is 0.882 bits per heavy atom. The van der Waals surface area contributed by atoms with Gasteiger partial charge in [0.2, 0.25) is 0 Å². The highest BCUT2D eigenvalue weighted by Crippen LogP contribution is 2.33. The van der Waals surface area contributed by atoms with Crippen LogP contribution in [0.2, 0.25) is 0 Å². The Morgan fingerprint density at radius 3 is 2.06 bits per heavy atom.